The number of amides is 2. The van der Waals surface area contributed by atoms with Crippen LogP contribution in [0.25, 0.3) is 11.1 Å². The molecule has 1 atom stereocenters. The van der Waals surface area contributed by atoms with Crippen molar-refractivity contribution in [3.8, 4) is 11.1 Å². The molecule has 7 nitrogen and oxygen atoms in total. The minimum Gasteiger partial charge on any atom is -0.480 e. The average molecular weight is 463 g/mol. The van der Waals surface area contributed by atoms with Gasteiger partial charge in [0.15, 0.2) is 0 Å². The topological polar surface area (TPSA) is 95.9 Å². The summed E-state index contributed by atoms with van der Waals surface area (Å²) in [5, 5.41) is 12.5. The van der Waals surface area contributed by atoms with Gasteiger partial charge in [0.1, 0.15) is 18.2 Å². The van der Waals surface area contributed by atoms with E-state index in [-0.39, 0.29) is 18.4 Å². The number of rotatable bonds is 5. The van der Waals surface area contributed by atoms with E-state index in [9.17, 15) is 19.5 Å². The maximum atomic E-state index is 13.5. The van der Waals surface area contributed by atoms with Crippen molar-refractivity contribution in [2.24, 2.45) is 5.41 Å². The third-order valence-corrected chi connectivity index (χ3v) is 7.68. The number of alkyl carbamates (subject to hydrolysis) is 1. The summed E-state index contributed by atoms with van der Waals surface area (Å²) in [6.45, 7) is 4.21. The van der Waals surface area contributed by atoms with Gasteiger partial charge in [-0.2, -0.15) is 0 Å². The van der Waals surface area contributed by atoms with Crippen molar-refractivity contribution in [1.82, 2.24) is 10.2 Å². The molecule has 1 saturated carbocycles. The Morgan fingerprint density at radius 1 is 1.00 bits per heavy atom. The van der Waals surface area contributed by atoms with E-state index in [4.69, 9.17) is 4.74 Å². The monoisotopic (exact) mass is 462 g/mol. The van der Waals surface area contributed by atoms with Crippen LogP contribution in [0.3, 0.4) is 0 Å². The van der Waals surface area contributed by atoms with Crippen LogP contribution >= 0.6 is 0 Å². The number of carbonyl (C=O) groups excluding carboxylic acids is 2. The van der Waals surface area contributed by atoms with Crippen molar-refractivity contribution in [2.45, 2.75) is 57.0 Å². The number of fused-ring (bicyclic) bond motifs is 3. The molecule has 2 amide bonds. The summed E-state index contributed by atoms with van der Waals surface area (Å²) in [6.07, 6.45) is 1.93. The normalized spacial score (nSPS) is 21.8. The minimum atomic E-state index is -1.10. The van der Waals surface area contributed by atoms with Crippen LogP contribution in [0.5, 0.6) is 0 Å². The van der Waals surface area contributed by atoms with Gasteiger partial charge < -0.3 is 20.1 Å². The highest BCUT2D eigenvalue weighted by atomic mass is 16.5. The summed E-state index contributed by atoms with van der Waals surface area (Å²) in [5.41, 5.74) is 2.94. The van der Waals surface area contributed by atoms with Gasteiger partial charge in [0.2, 0.25) is 5.91 Å². The van der Waals surface area contributed by atoms with E-state index in [1.807, 2.05) is 38.1 Å². The summed E-state index contributed by atoms with van der Waals surface area (Å²) in [4.78, 5) is 39.6. The van der Waals surface area contributed by atoms with Gasteiger partial charge in [-0.05, 0) is 35.1 Å². The van der Waals surface area contributed by atoms with Crippen LogP contribution in [0, 0.1) is 5.41 Å². The quantitative estimate of drug-likeness (QED) is 0.696. The molecule has 0 aromatic heterocycles. The van der Waals surface area contributed by atoms with Crippen LogP contribution in [-0.4, -0.2) is 52.7 Å². The molecule has 0 bridgehead atoms. The first kappa shape index (κ1) is 22.4. The van der Waals surface area contributed by atoms with Gasteiger partial charge >= 0.3 is 12.1 Å². The van der Waals surface area contributed by atoms with E-state index in [2.05, 4.69) is 29.6 Å². The Hall–Kier alpha value is -3.35. The summed E-state index contributed by atoms with van der Waals surface area (Å²) in [6, 6.07) is 15.4. The Morgan fingerprint density at radius 3 is 2.09 bits per heavy atom. The Labute approximate surface area is 199 Å². The van der Waals surface area contributed by atoms with E-state index >= 15 is 0 Å². The first-order chi connectivity index (χ1) is 16.2. The molecule has 3 aliphatic rings. The molecular weight excluding hydrogens is 432 g/mol. The molecule has 2 aromatic carbocycles. The van der Waals surface area contributed by atoms with Crippen LogP contribution in [0.1, 0.15) is 56.6 Å². The second kappa shape index (κ2) is 8.15. The van der Waals surface area contributed by atoms with Crippen molar-refractivity contribution in [1.29, 1.82) is 0 Å². The van der Waals surface area contributed by atoms with Gasteiger partial charge in [0, 0.05) is 17.9 Å². The Kier molecular flexibility index (Phi) is 5.38. The number of nitrogens with one attached hydrogen (secondary N) is 1. The summed E-state index contributed by atoms with van der Waals surface area (Å²) in [7, 11) is 0. The van der Waals surface area contributed by atoms with Gasteiger partial charge in [0.05, 0.1) is 0 Å². The Bertz CT molecular complexity index is 1110. The zero-order valence-electron chi connectivity index (χ0n) is 19.5. The molecule has 2 fully saturated rings. The number of hydrogen-bond acceptors (Lipinski definition) is 4. The Morgan fingerprint density at radius 2 is 1.56 bits per heavy atom. The average Bonchev–Trinajstić information content (AvgIpc) is 3.39. The molecule has 34 heavy (non-hydrogen) atoms. The second-order valence-electron chi connectivity index (χ2n) is 10.4. The number of carboxylic acid groups (broad SMARTS) is 1. The largest absolute Gasteiger partial charge is 0.480 e. The number of carboxylic acids is 1. The number of hydrogen-bond donors (Lipinski definition) is 2. The van der Waals surface area contributed by atoms with Gasteiger partial charge in [-0.1, -0.05) is 75.2 Å². The van der Waals surface area contributed by atoms with Crippen LogP contribution in [0.2, 0.25) is 0 Å². The summed E-state index contributed by atoms with van der Waals surface area (Å²) < 4.78 is 5.69. The number of carbonyl (C=O) groups is 3. The molecule has 2 aliphatic carbocycles. The number of nitrogens with zero attached hydrogens (tertiary/aromatic N) is 1. The van der Waals surface area contributed by atoms with Gasteiger partial charge in [-0.25, -0.2) is 9.59 Å². The summed E-state index contributed by atoms with van der Waals surface area (Å²) >= 11 is 0. The lowest BCUT2D eigenvalue weighted by Gasteiger charge is -2.53. The fourth-order valence-corrected chi connectivity index (χ4v) is 6.06. The highest BCUT2D eigenvalue weighted by Gasteiger charge is 2.57. The highest BCUT2D eigenvalue weighted by molar-refractivity contribution is 5.94. The second-order valence-corrected chi connectivity index (χ2v) is 10.4. The van der Waals surface area contributed by atoms with Crippen molar-refractivity contribution < 1.29 is 24.2 Å². The summed E-state index contributed by atoms with van der Waals surface area (Å²) in [5.74, 6) is -1.40. The van der Waals surface area contributed by atoms with E-state index in [0.717, 1.165) is 35.1 Å². The Balaban J connectivity index is 1.30. The predicted octanol–water partition coefficient (Wildman–Crippen LogP) is 4.16. The smallest absolute Gasteiger partial charge is 0.408 e. The third kappa shape index (κ3) is 3.54. The van der Waals surface area contributed by atoms with Gasteiger partial charge in [-0.15, -0.1) is 0 Å². The predicted molar refractivity (Wildman–Crippen MR) is 126 cm³/mol. The van der Waals surface area contributed by atoms with Gasteiger partial charge in [0.25, 0.3) is 0 Å². The van der Waals surface area contributed by atoms with Crippen LogP contribution < -0.4 is 5.32 Å². The molecule has 0 radical (unpaired) electrons. The molecule has 7 heteroatoms. The standard InChI is InChI=1S/C27H30N2O5/c1-26(2)16-29(22(26)23(30)31)24(32)27(13-7-8-14-27)28-25(33)34-15-21-19-11-5-3-9-17(19)18-10-4-6-12-20(18)21/h3-6,9-12,21-22H,7-8,13-16H2,1-2H3,(H,28,33)(H,30,31). The van der Waals surface area contributed by atoms with Crippen molar-refractivity contribution in [3.05, 3.63) is 59.7 Å². The minimum absolute atomic E-state index is 0.0686. The maximum Gasteiger partial charge on any atom is 0.408 e. The SMILES string of the molecule is CC1(C)CN(C(=O)C2(NC(=O)OCC3c4ccccc4-c4ccccc43)CCCC2)C1C(=O)O. The molecule has 0 spiro atoms. The molecule has 1 saturated heterocycles. The lowest BCUT2D eigenvalue weighted by Crippen LogP contribution is -2.72. The fourth-order valence-electron chi connectivity index (χ4n) is 6.06. The van der Waals surface area contributed by atoms with Crippen molar-refractivity contribution >= 4 is 18.0 Å². The molecule has 2 aromatic rings. The third-order valence-electron chi connectivity index (χ3n) is 7.68. The molecule has 2 N–H and O–H groups in total. The van der Waals surface area contributed by atoms with E-state index in [1.54, 1.807) is 0 Å². The van der Waals surface area contributed by atoms with E-state index in [0.29, 0.717) is 19.4 Å². The van der Waals surface area contributed by atoms with Gasteiger partial charge in [-0.3, -0.25) is 4.79 Å². The number of ether oxygens (including phenoxy) is 1. The van der Waals surface area contributed by atoms with Crippen molar-refractivity contribution in [2.75, 3.05) is 13.2 Å². The zero-order chi connectivity index (χ0) is 24.1. The van der Waals surface area contributed by atoms with Crippen molar-refractivity contribution in [3.63, 3.8) is 0 Å². The number of likely N-dealkylation sites (tertiary alicyclic amines) is 1. The van der Waals surface area contributed by atoms with Crippen LogP contribution in [-0.2, 0) is 14.3 Å². The highest BCUT2D eigenvalue weighted by Crippen LogP contribution is 2.45. The number of benzene rings is 2. The van der Waals surface area contributed by atoms with Crippen LogP contribution in [0.15, 0.2) is 48.5 Å². The molecule has 1 heterocycles. The first-order valence-electron chi connectivity index (χ1n) is 11.9. The lowest BCUT2D eigenvalue weighted by atomic mass is 9.73. The molecule has 5 rings (SSSR count). The molecule has 1 aliphatic heterocycles. The zero-order valence-corrected chi connectivity index (χ0v) is 19.5. The molecule has 1 unspecified atom stereocenters. The maximum absolute atomic E-state index is 13.5. The van der Waals surface area contributed by atoms with Crippen LogP contribution in [0.4, 0.5) is 4.79 Å². The lowest BCUT2D eigenvalue weighted by molar-refractivity contribution is -0.175. The van der Waals surface area contributed by atoms with E-state index < -0.39 is 29.1 Å². The number of aliphatic carboxylic acids is 1. The molecule has 178 valence electrons. The molecular formula is C27H30N2O5. The first-order valence-corrected chi connectivity index (χ1v) is 11.9. The van der Waals surface area contributed by atoms with E-state index in [1.165, 1.54) is 4.90 Å². The fraction of sp³-hybridized carbons (Fsp3) is 0.444.